The van der Waals surface area contributed by atoms with E-state index in [0.717, 1.165) is 40.2 Å². The SMILES string of the molecule is CCC(COC)c1cnn2c(Nc3cc(C)c(OC)cc3C)nc(C)nc12. The molecular formula is C20H27N5O2. The van der Waals surface area contributed by atoms with Crippen LogP contribution in [-0.2, 0) is 4.74 Å². The molecule has 1 N–H and O–H groups in total. The van der Waals surface area contributed by atoms with Gasteiger partial charge < -0.3 is 14.8 Å². The second-order valence-electron chi connectivity index (χ2n) is 6.75. The van der Waals surface area contributed by atoms with Gasteiger partial charge in [-0.1, -0.05) is 6.92 Å². The molecule has 7 nitrogen and oxygen atoms in total. The molecule has 0 amide bonds. The number of aromatic nitrogens is 4. The van der Waals surface area contributed by atoms with E-state index in [1.807, 2.05) is 33.0 Å². The maximum absolute atomic E-state index is 5.40. The van der Waals surface area contributed by atoms with Crippen molar-refractivity contribution in [3.05, 3.63) is 40.8 Å². The van der Waals surface area contributed by atoms with Gasteiger partial charge in [-0.15, -0.1) is 0 Å². The molecule has 0 fully saturated rings. The van der Waals surface area contributed by atoms with Gasteiger partial charge in [-0.3, -0.25) is 0 Å². The van der Waals surface area contributed by atoms with Crippen LogP contribution in [0.2, 0.25) is 0 Å². The molecule has 0 aliphatic heterocycles. The molecule has 2 aromatic heterocycles. The smallest absolute Gasteiger partial charge is 0.232 e. The van der Waals surface area contributed by atoms with E-state index in [2.05, 4.69) is 33.4 Å². The highest BCUT2D eigenvalue weighted by Crippen LogP contribution is 2.29. The molecule has 1 atom stereocenters. The average Bonchev–Trinajstić information content (AvgIpc) is 3.06. The Balaban J connectivity index is 2.06. The number of benzene rings is 1. The van der Waals surface area contributed by atoms with Crippen LogP contribution in [0.5, 0.6) is 5.75 Å². The predicted molar refractivity (Wildman–Crippen MR) is 106 cm³/mol. The van der Waals surface area contributed by atoms with Crippen LogP contribution in [-0.4, -0.2) is 40.4 Å². The minimum atomic E-state index is 0.250. The van der Waals surface area contributed by atoms with Crippen LogP contribution in [0.3, 0.4) is 0 Å². The highest BCUT2D eigenvalue weighted by Gasteiger charge is 2.19. The normalized spacial score (nSPS) is 12.4. The summed E-state index contributed by atoms with van der Waals surface area (Å²) in [5, 5.41) is 7.95. The van der Waals surface area contributed by atoms with E-state index in [4.69, 9.17) is 9.47 Å². The molecule has 144 valence electrons. The van der Waals surface area contributed by atoms with Crippen LogP contribution < -0.4 is 10.1 Å². The van der Waals surface area contributed by atoms with Crippen LogP contribution in [0.15, 0.2) is 18.3 Å². The van der Waals surface area contributed by atoms with Gasteiger partial charge in [-0.25, -0.2) is 4.98 Å². The van der Waals surface area contributed by atoms with Gasteiger partial charge in [0.1, 0.15) is 11.6 Å². The Bertz CT molecular complexity index is 951. The fourth-order valence-corrected chi connectivity index (χ4v) is 3.26. The van der Waals surface area contributed by atoms with E-state index in [1.54, 1.807) is 18.7 Å². The molecule has 0 radical (unpaired) electrons. The minimum Gasteiger partial charge on any atom is -0.496 e. The fraction of sp³-hybridized carbons (Fsp3) is 0.450. The largest absolute Gasteiger partial charge is 0.496 e. The van der Waals surface area contributed by atoms with Gasteiger partial charge in [0.25, 0.3) is 0 Å². The lowest BCUT2D eigenvalue weighted by Gasteiger charge is -2.15. The number of hydrogen-bond acceptors (Lipinski definition) is 6. The number of methoxy groups -OCH3 is 2. The Morgan fingerprint density at radius 1 is 1.11 bits per heavy atom. The number of rotatable bonds is 7. The Labute approximate surface area is 159 Å². The van der Waals surface area contributed by atoms with E-state index in [0.29, 0.717) is 18.4 Å². The molecule has 0 aliphatic rings. The summed E-state index contributed by atoms with van der Waals surface area (Å²) in [6, 6.07) is 4.07. The van der Waals surface area contributed by atoms with Crippen molar-refractivity contribution in [2.45, 2.75) is 40.0 Å². The van der Waals surface area contributed by atoms with Crippen LogP contribution in [0, 0.1) is 20.8 Å². The first-order chi connectivity index (χ1) is 13.0. The molecule has 0 bridgehead atoms. The van der Waals surface area contributed by atoms with Crippen molar-refractivity contribution in [3.8, 4) is 5.75 Å². The molecule has 2 heterocycles. The van der Waals surface area contributed by atoms with E-state index in [-0.39, 0.29) is 5.92 Å². The first kappa shape index (κ1) is 19.1. The minimum absolute atomic E-state index is 0.250. The summed E-state index contributed by atoms with van der Waals surface area (Å²) < 4.78 is 12.5. The first-order valence-electron chi connectivity index (χ1n) is 9.11. The lowest BCUT2D eigenvalue weighted by Crippen LogP contribution is -2.09. The highest BCUT2D eigenvalue weighted by molar-refractivity contribution is 5.64. The van der Waals surface area contributed by atoms with E-state index < -0.39 is 0 Å². The molecule has 0 spiro atoms. The van der Waals surface area contributed by atoms with Crippen molar-refractivity contribution >= 4 is 17.3 Å². The Kier molecular flexibility index (Phi) is 5.60. The molecule has 1 aromatic carbocycles. The third-order valence-electron chi connectivity index (χ3n) is 4.80. The zero-order chi connectivity index (χ0) is 19.6. The molecule has 0 saturated heterocycles. The van der Waals surface area contributed by atoms with Gasteiger partial charge in [0.15, 0.2) is 5.65 Å². The fourth-order valence-electron chi connectivity index (χ4n) is 3.26. The van der Waals surface area contributed by atoms with Crippen LogP contribution in [0.25, 0.3) is 5.65 Å². The van der Waals surface area contributed by atoms with Crippen molar-refractivity contribution in [2.75, 3.05) is 26.1 Å². The van der Waals surface area contributed by atoms with Gasteiger partial charge in [-0.2, -0.15) is 14.6 Å². The second kappa shape index (κ2) is 7.92. The first-order valence-corrected chi connectivity index (χ1v) is 9.11. The molecule has 0 aliphatic carbocycles. The summed E-state index contributed by atoms with van der Waals surface area (Å²) in [6.07, 6.45) is 2.83. The number of nitrogens with one attached hydrogen (secondary N) is 1. The molecule has 1 unspecified atom stereocenters. The summed E-state index contributed by atoms with van der Waals surface area (Å²) >= 11 is 0. The quantitative estimate of drug-likeness (QED) is 0.680. The van der Waals surface area contributed by atoms with Gasteiger partial charge in [-0.05, 0) is 50.5 Å². The van der Waals surface area contributed by atoms with Crippen molar-refractivity contribution in [3.63, 3.8) is 0 Å². The van der Waals surface area contributed by atoms with Gasteiger partial charge in [0.05, 0.1) is 19.9 Å². The Morgan fingerprint density at radius 2 is 1.89 bits per heavy atom. The molecule has 3 rings (SSSR count). The maximum Gasteiger partial charge on any atom is 0.232 e. The molecule has 3 aromatic rings. The number of anilines is 2. The zero-order valence-electron chi connectivity index (χ0n) is 16.8. The lowest BCUT2D eigenvalue weighted by atomic mass is 10.0. The van der Waals surface area contributed by atoms with Gasteiger partial charge in [0, 0.05) is 24.3 Å². The third-order valence-corrected chi connectivity index (χ3v) is 4.80. The Hall–Kier alpha value is -2.67. The van der Waals surface area contributed by atoms with Crippen molar-refractivity contribution in [1.29, 1.82) is 0 Å². The topological polar surface area (TPSA) is 73.6 Å². The molecular weight excluding hydrogens is 342 g/mol. The third kappa shape index (κ3) is 3.73. The summed E-state index contributed by atoms with van der Waals surface area (Å²) in [6.45, 7) is 8.73. The molecule has 0 saturated carbocycles. The molecule has 7 heteroatoms. The van der Waals surface area contributed by atoms with E-state index >= 15 is 0 Å². The van der Waals surface area contributed by atoms with Crippen molar-refractivity contribution < 1.29 is 9.47 Å². The lowest BCUT2D eigenvalue weighted by molar-refractivity contribution is 0.178. The van der Waals surface area contributed by atoms with E-state index in [9.17, 15) is 0 Å². The predicted octanol–water partition coefficient (Wildman–Crippen LogP) is 3.94. The monoisotopic (exact) mass is 369 g/mol. The summed E-state index contributed by atoms with van der Waals surface area (Å²) in [5.41, 5.74) is 4.99. The summed E-state index contributed by atoms with van der Waals surface area (Å²) in [7, 11) is 3.40. The zero-order valence-corrected chi connectivity index (χ0v) is 16.8. The maximum atomic E-state index is 5.40. The highest BCUT2D eigenvalue weighted by atomic mass is 16.5. The average molecular weight is 369 g/mol. The number of nitrogens with zero attached hydrogens (tertiary/aromatic N) is 4. The van der Waals surface area contributed by atoms with Crippen LogP contribution in [0.4, 0.5) is 11.6 Å². The van der Waals surface area contributed by atoms with Crippen molar-refractivity contribution in [2.24, 2.45) is 0 Å². The Morgan fingerprint density at radius 3 is 2.56 bits per heavy atom. The number of aryl methyl sites for hydroxylation is 3. The van der Waals surface area contributed by atoms with Crippen LogP contribution in [0.1, 0.15) is 41.8 Å². The van der Waals surface area contributed by atoms with Gasteiger partial charge in [0.2, 0.25) is 5.95 Å². The van der Waals surface area contributed by atoms with Crippen molar-refractivity contribution in [1.82, 2.24) is 19.6 Å². The number of ether oxygens (including phenoxy) is 2. The van der Waals surface area contributed by atoms with Gasteiger partial charge >= 0.3 is 0 Å². The summed E-state index contributed by atoms with van der Waals surface area (Å²) in [4.78, 5) is 9.20. The standard InChI is InChI=1S/C20H27N5O2/c1-7-15(11-26-5)16-10-21-25-19(16)22-14(4)23-20(25)24-17-8-13(3)18(27-6)9-12(17)2/h8-10,15H,7,11H2,1-6H3,(H,22,23,24). The number of fused-ring (bicyclic) bond motifs is 1. The van der Waals surface area contributed by atoms with E-state index in [1.165, 1.54) is 0 Å². The summed E-state index contributed by atoms with van der Waals surface area (Å²) in [5.74, 6) is 2.46. The second-order valence-corrected chi connectivity index (χ2v) is 6.75. The van der Waals surface area contributed by atoms with Crippen LogP contribution >= 0.6 is 0 Å². The molecule has 27 heavy (non-hydrogen) atoms. The number of hydrogen-bond donors (Lipinski definition) is 1.